The SMILES string of the molecule is N#CCCN(CCC#N)C(=O)CSc1nc(-c2cccs2)cc(C(F)(F)F)c1C#N. The summed E-state index contributed by atoms with van der Waals surface area (Å²) < 4.78 is 40.6. The quantitative estimate of drug-likeness (QED) is 0.552. The smallest absolute Gasteiger partial charge is 0.340 e. The summed E-state index contributed by atoms with van der Waals surface area (Å²) in [6.07, 6.45) is -4.63. The Balaban J connectivity index is 2.34. The zero-order valence-electron chi connectivity index (χ0n) is 15.4. The molecule has 2 heterocycles. The van der Waals surface area contributed by atoms with Crippen molar-refractivity contribution in [3.05, 3.63) is 34.7 Å². The highest BCUT2D eigenvalue weighted by atomic mass is 32.2. The molecule has 0 N–H and O–H groups in total. The monoisotopic (exact) mass is 449 g/mol. The molecule has 0 saturated heterocycles. The average molecular weight is 449 g/mol. The molecule has 2 aromatic rings. The van der Waals surface area contributed by atoms with Gasteiger partial charge in [-0.25, -0.2) is 4.98 Å². The van der Waals surface area contributed by atoms with Gasteiger partial charge in [0.25, 0.3) is 0 Å². The Morgan fingerprint density at radius 2 is 1.87 bits per heavy atom. The van der Waals surface area contributed by atoms with E-state index in [1.54, 1.807) is 23.6 Å². The zero-order valence-corrected chi connectivity index (χ0v) is 17.1. The van der Waals surface area contributed by atoms with Crippen molar-refractivity contribution in [1.29, 1.82) is 15.8 Å². The molecule has 11 heteroatoms. The molecular formula is C19H14F3N5OS2. The van der Waals surface area contributed by atoms with Crippen molar-refractivity contribution in [2.45, 2.75) is 24.0 Å². The van der Waals surface area contributed by atoms with Crippen molar-refractivity contribution >= 4 is 29.0 Å². The van der Waals surface area contributed by atoms with Gasteiger partial charge in [-0.3, -0.25) is 4.79 Å². The molecule has 0 unspecified atom stereocenters. The first-order chi connectivity index (χ1) is 14.3. The first-order valence-electron chi connectivity index (χ1n) is 8.52. The standard InChI is InChI=1S/C19H14F3N5OS2/c20-19(21,22)14-10-15(16-4-1-9-29-16)26-18(13(14)11-25)30-12-17(28)27(7-2-5-23)8-3-6-24/h1,4,9-10H,2-3,7-8,12H2. The summed E-state index contributed by atoms with van der Waals surface area (Å²) >= 11 is 1.94. The molecule has 0 bridgehead atoms. The molecule has 1 amide bonds. The Bertz CT molecular complexity index is 999. The summed E-state index contributed by atoms with van der Waals surface area (Å²) in [4.78, 5) is 18.5. The Kier molecular flexibility index (Phi) is 8.23. The number of hydrogen-bond acceptors (Lipinski definition) is 7. The number of thiophene rings is 1. The van der Waals surface area contributed by atoms with E-state index in [1.165, 1.54) is 16.2 Å². The Morgan fingerprint density at radius 1 is 1.20 bits per heavy atom. The van der Waals surface area contributed by atoms with Crippen LogP contribution < -0.4 is 0 Å². The first-order valence-corrected chi connectivity index (χ1v) is 10.4. The Hall–Kier alpha value is -3.07. The summed E-state index contributed by atoms with van der Waals surface area (Å²) in [6, 6.07) is 9.49. The van der Waals surface area contributed by atoms with Crippen LogP contribution in [0.15, 0.2) is 28.6 Å². The van der Waals surface area contributed by atoms with E-state index in [1.807, 2.05) is 12.1 Å². The lowest BCUT2D eigenvalue weighted by Crippen LogP contribution is -2.34. The zero-order chi connectivity index (χ0) is 22.1. The van der Waals surface area contributed by atoms with Crippen LogP contribution in [-0.2, 0) is 11.0 Å². The van der Waals surface area contributed by atoms with E-state index in [4.69, 9.17) is 10.5 Å². The van der Waals surface area contributed by atoms with Crippen molar-refractivity contribution in [1.82, 2.24) is 9.88 Å². The molecule has 0 aliphatic carbocycles. The number of nitrogens with zero attached hydrogens (tertiary/aromatic N) is 5. The molecule has 2 rings (SSSR count). The molecule has 0 radical (unpaired) electrons. The third kappa shape index (κ3) is 5.96. The highest BCUT2D eigenvalue weighted by Crippen LogP contribution is 2.38. The Labute approximate surface area is 179 Å². The molecule has 0 fully saturated rings. The molecule has 0 aromatic carbocycles. The van der Waals surface area contributed by atoms with Crippen LogP contribution in [0.2, 0.25) is 0 Å². The van der Waals surface area contributed by atoms with Gasteiger partial charge in [-0.05, 0) is 17.5 Å². The summed E-state index contributed by atoms with van der Waals surface area (Å²) in [7, 11) is 0. The largest absolute Gasteiger partial charge is 0.417 e. The number of thioether (sulfide) groups is 1. The number of rotatable bonds is 8. The van der Waals surface area contributed by atoms with Crippen LogP contribution >= 0.6 is 23.1 Å². The third-order valence-corrected chi connectivity index (χ3v) is 5.70. The minimum atomic E-state index is -4.76. The maximum atomic E-state index is 13.5. The van der Waals surface area contributed by atoms with Gasteiger partial charge in [0.15, 0.2) is 0 Å². The second-order valence-corrected chi connectivity index (χ2v) is 7.72. The summed E-state index contributed by atoms with van der Waals surface area (Å²) in [5.74, 6) is -0.727. The maximum Gasteiger partial charge on any atom is 0.417 e. The number of aromatic nitrogens is 1. The molecule has 0 spiro atoms. The van der Waals surface area contributed by atoms with E-state index in [0.29, 0.717) is 4.88 Å². The Morgan fingerprint density at radius 3 is 2.37 bits per heavy atom. The van der Waals surface area contributed by atoms with Crippen LogP contribution in [-0.4, -0.2) is 34.6 Å². The van der Waals surface area contributed by atoms with E-state index in [0.717, 1.165) is 17.8 Å². The highest BCUT2D eigenvalue weighted by Gasteiger charge is 2.36. The van der Waals surface area contributed by atoms with E-state index in [-0.39, 0.29) is 42.4 Å². The fraction of sp³-hybridized carbons (Fsp3) is 0.316. The van der Waals surface area contributed by atoms with Crippen LogP contribution in [0.5, 0.6) is 0 Å². The van der Waals surface area contributed by atoms with Gasteiger partial charge in [-0.1, -0.05) is 17.8 Å². The molecule has 0 atom stereocenters. The topological polar surface area (TPSA) is 105 Å². The summed E-state index contributed by atoms with van der Waals surface area (Å²) in [6.45, 7) is 0.221. The van der Waals surface area contributed by atoms with Gasteiger partial charge in [0, 0.05) is 13.1 Å². The number of nitriles is 3. The lowest BCUT2D eigenvalue weighted by molar-refractivity contribution is -0.138. The summed E-state index contributed by atoms with van der Waals surface area (Å²) in [5.41, 5.74) is -1.68. The normalized spacial score (nSPS) is 10.7. The number of carbonyl (C=O) groups is 1. The molecule has 154 valence electrons. The van der Waals surface area contributed by atoms with Gasteiger partial charge in [0.2, 0.25) is 5.91 Å². The highest BCUT2D eigenvalue weighted by molar-refractivity contribution is 8.00. The number of hydrogen-bond donors (Lipinski definition) is 0. The van der Waals surface area contributed by atoms with Crippen LogP contribution in [0.3, 0.4) is 0 Å². The minimum Gasteiger partial charge on any atom is -0.340 e. The fourth-order valence-electron chi connectivity index (χ4n) is 2.46. The van der Waals surface area contributed by atoms with Crippen molar-refractivity contribution < 1.29 is 18.0 Å². The molecule has 0 aliphatic heterocycles. The summed E-state index contributed by atoms with van der Waals surface area (Å²) in [5, 5.41) is 28.3. The van der Waals surface area contributed by atoms with E-state index >= 15 is 0 Å². The van der Waals surface area contributed by atoms with Crippen molar-refractivity contribution in [3.8, 4) is 28.8 Å². The lowest BCUT2D eigenvalue weighted by Gasteiger charge is -2.20. The van der Waals surface area contributed by atoms with Crippen LogP contribution in [0.1, 0.15) is 24.0 Å². The third-order valence-electron chi connectivity index (χ3n) is 3.85. The number of alkyl halides is 3. The van der Waals surface area contributed by atoms with Crippen LogP contribution in [0.25, 0.3) is 10.6 Å². The van der Waals surface area contributed by atoms with Gasteiger partial charge in [-0.15, -0.1) is 11.3 Å². The second kappa shape index (κ2) is 10.6. The van der Waals surface area contributed by atoms with E-state index in [2.05, 4.69) is 4.98 Å². The molecule has 2 aromatic heterocycles. The van der Waals surface area contributed by atoms with Gasteiger partial charge < -0.3 is 4.90 Å². The predicted octanol–water partition coefficient (Wildman–Crippen LogP) is 4.45. The van der Waals surface area contributed by atoms with Gasteiger partial charge >= 0.3 is 6.18 Å². The number of amides is 1. The van der Waals surface area contributed by atoms with Crippen LogP contribution in [0.4, 0.5) is 13.2 Å². The van der Waals surface area contributed by atoms with Gasteiger partial charge in [0.05, 0.1) is 52.4 Å². The second-order valence-electron chi connectivity index (χ2n) is 5.81. The average Bonchev–Trinajstić information content (AvgIpc) is 3.25. The number of carbonyl (C=O) groups excluding carboxylic acids is 1. The predicted molar refractivity (Wildman–Crippen MR) is 105 cm³/mol. The molecule has 30 heavy (non-hydrogen) atoms. The van der Waals surface area contributed by atoms with E-state index < -0.39 is 23.2 Å². The van der Waals surface area contributed by atoms with Gasteiger partial charge in [-0.2, -0.15) is 29.0 Å². The minimum absolute atomic E-state index is 0.0651. The molecular weight excluding hydrogens is 435 g/mol. The number of pyridine rings is 1. The number of halogens is 3. The molecule has 0 aliphatic rings. The van der Waals surface area contributed by atoms with Crippen molar-refractivity contribution in [2.24, 2.45) is 0 Å². The lowest BCUT2D eigenvalue weighted by atomic mass is 10.1. The molecule has 6 nitrogen and oxygen atoms in total. The first kappa shape index (κ1) is 23.2. The van der Waals surface area contributed by atoms with E-state index in [9.17, 15) is 23.2 Å². The van der Waals surface area contributed by atoms with Crippen molar-refractivity contribution in [3.63, 3.8) is 0 Å². The van der Waals surface area contributed by atoms with Gasteiger partial charge in [0.1, 0.15) is 11.1 Å². The van der Waals surface area contributed by atoms with Crippen LogP contribution in [0, 0.1) is 34.0 Å². The maximum absolute atomic E-state index is 13.5. The van der Waals surface area contributed by atoms with Crippen molar-refractivity contribution in [2.75, 3.05) is 18.8 Å². The molecule has 0 saturated carbocycles. The fourth-order valence-corrected chi connectivity index (χ4v) is 4.05.